The van der Waals surface area contributed by atoms with E-state index in [1.807, 2.05) is 45.0 Å². The van der Waals surface area contributed by atoms with E-state index in [-0.39, 0.29) is 12.5 Å². The molecule has 0 amide bonds. The molecule has 0 aliphatic rings. The smallest absolute Gasteiger partial charge is 0.264 e. The van der Waals surface area contributed by atoms with E-state index in [4.69, 9.17) is 14.0 Å². The van der Waals surface area contributed by atoms with Crippen molar-refractivity contribution in [3.63, 3.8) is 0 Å². The molecule has 0 aliphatic carbocycles. The number of aliphatic hydroxyl groups is 1. The van der Waals surface area contributed by atoms with E-state index in [1.54, 1.807) is 30.3 Å². The summed E-state index contributed by atoms with van der Waals surface area (Å²) in [7, 11) is 3.24. The minimum absolute atomic E-state index is 0.161. The zero-order valence-electron chi connectivity index (χ0n) is 17.4. The van der Waals surface area contributed by atoms with Crippen LogP contribution in [-0.2, 0) is 9.09 Å². The second-order valence-electron chi connectivity index (χ2n) is 7.18. The molecule has 0 bridgehead atoms. The topological polar surface area (TPSA) is 68.2 Å². The lowest BCUT2D eigenvalue weighted by atomic mass is 10.2. The van der Waals surface area contributed by atoms with Gasteiger partial charge in [-0.1, -0.05) is 13.8 Å². The quantitative estimate of drug-likeness (QED) is 0.633. The maximum Gasteiger partial charge on any atom is 0.264 e. The normalized spacial score (nSPS) is 14.4. The van der Waals surface area contributed by atoms with Crippen molar-refractivity contribution in [1.82, 2.24) is 0 Å². The second-order valence-corrected chi connectivity index (χ2v) is 9.64. The number of ether oxygens (including phenoxy) is 2. The predicted molar refractivity (Wildman–Crippen MR) is 113 cm³/mol. The first kappa shape index (κ1) is 22.3. The van der Waals surface area contributed by atoms with Crippen LogP contribution in [0.1, 0.15) is 25.3 Å². The molecule has 0 spiro atoms. The maximum absolute atomic E-state index is 14.0. The number of hydrogen-bond donors (Lipinski definition) is 1. The molecule has 28 heavy (non-hydrogen) atoms. The Labute approximate surface area is 167 Å². The molecule has 0 aliphatic heterocycles. The second kappa shape index (κ2) is 9.46. The van der Waals surface area contributed by atoms with Gasteiger partial charge in [0.25, 0.3) is 7.37 Å². The van der Waals surface area contributed by atoms with Crippen molar-refractivity contribution in [2.24, 2.45) is 5.92 Å². The van der Waals surface area contributed by atoms with Gasteiger partial charge in [-0.2, -0.15) is 0 Å². The van der Waals surface area contributed by atoms with Gasteiger partial charge in [0.1, 0.15) is 11.5 Å². The molecule has 7 heteroatoms. The lowest BCUT2D eigenvalue weighted by Crippen LogP contribution is -2.18. The van der Waals surface area contributed by atoms with Crippen LogP contribution in [0.2, 0.25) is 0 Å². The van der Waals surface area contributed by atoms with Crippen LogP contribution in [0.5, 0.6) is 11.5 Å². The van der Waals surface area contributed by atoms with Crippen LogP contribution in [0.4, 0.5) is 5.69 Å². The zero-order chi connectivity index (χ0) is 20.9. The summed E-state index contributed by atoms with van der Waals surface area (Å²) < 4.78 is 30.5. The van der Waals surface area contributed by atoms with Crippen LogP contribution in [0.25, 0.3) is 0 Å². The van der Waals surface area contributed by atoms with Gasteiger partial charge < -0.3 is 24.0 Å². The van der Waals surface area contributed by atoms with E-state index in [0.29, 0.717) is 22.4 Å². The minimum Gasteiger partial charge on any atom is -0.497 e. The average Bonchev–Trinajstić information content (AvgIpc) is 2.70. The molecule has 1 N–H and O–H groups in total. The average molecular weight is 407 g/mol. The molecule has 0 radical (unpaired) electrons. The number of anilines is 1. The van der Waals surface area contributed by atoms with Gasteiger partial charge in [0.05, 0.1) is 20.8 Å². The van der Waals surface area contributed by atoms with Gasteiger partial charge >= 0.3 is 0 Å². The Morgan fingerprint density at radius 3 is 2.18 bits per heavy atom. The molecule has 2 aromatic carbocycles. The first-order valence-corrected chi connectivity index (χ1v) is 10.8. The largest absolute Gasteiger partial charge is 0.497 e. The highest BCUT2D eigenvalue weighted by molar-refractivity contribution is 7.67. The van der Waals surface area contributed by atoms with Crippen LogP contribution in [-0.4, -0.2) is 40.0 Å². The fourth-order valence-electron chi connectivity index (χ4n) is 2.73. The van der Waals surface area contributed by atoms with Gasteiger partial charge in [-0.3, -0.25) is 4.57 Å². The lowest BCUT2D eigenvalue weighted by molar-refractivity contribution is 0.199. The fraction of sp³-hybridized carbons (Fsp3) is 0.429. The van der Waals surface area contributed by atoms with E-state index < -0.39 is 13.2 Å². The van der Waals surface area contributed by atoms with Crippen molar-refractivity contribution in [1.29, 1.82) is 0 Å². The van der Waals surface area contributed by atoms with Crippen LogP contribution in [0, 0.1) is 5.92 Å². The third-order valence-electron chi connectivity index (χ3n) is 4.36. The Hall–Kier alpha value is -2.01. The summed E-state index contributed by atoms with van der Waals surface area (Å²) in [5.41, 5.74) is 1.33. The highest BCUT2D eigenvalue weighted by atomic mass is 31.2. The summed E-state index contributed by atoms with van der Waals surface area (Å²) in [4.78, 5) is 1.95. The number of benzene rings is 2. The van der Waals surface area contributed by atoms with Crippen LogP contribution in [0.3, 0.4) is 0 Å². The first-order valence-electron chi connectivity index (χ1n) is 9.15. The number of nitrogens with zero attached hydrogens (tertiary/aromatic N) is 1. The Morgan fingerprint density at radius 2 is 1.68 bits per heavy atom. The Kier molecular flexibility index (Phi) is 7.53. The zero-order valence-corrected chi connectivity index (χ0v) is 18.3. The molecular weight excluding hydrogens is 377 g/mol. The Morgan fingerprint density at radius 1 is 1.04 bits per heavy atom. The van der Waals surface area contributed by atoms with Gasteiger partial charge in [-0.25, -0.2) is 0 Å². The van der Waals surface area contributed by atoms with Crippen LogP contribution >= 0.6 is 7.37 Å². The van der Waals surface area contributed by atoms with E-state index in [1.165, 1.54) is 14.2 Å². The molecule has 2 aromatic rings. The van der Waals surface area contributed by atoms with Crippen molar-refractivity contribution in [3.8, 4) is 11.5 Å². The minimum atomic E-state index is -3.66. The van der Waals surface area contributed by atoms with E-state index >= 15 is 0 Å². The van der Waals surface area contributed by atoms with Gasteiger partial charge in [0.15, 0.2) is 5.85 Å². The highest BCUT2D eigenvalue weighted by Crippen LogP contribution is 2.59. The molecule has 0 saturated heterocycles. The molecule has 0 saturated carbocycles. The van der Waals surface area contributed by atoms with Gasteiger partial charge in [-0.05, 0) is 48.4 Å². The van der Waals surface area contributed by atoms with Crippen molar-refractivity contribution in [3.05, 3.63) is 48.0 Å². The number of rotatable bonds is 9. The standard InChI is InChI=1S/C21H30NO5P/c1-15(2)14-27-28(24,18-10-7-16(8-11-18)22(3)4)21(23)19-13-17(25-5)9-12-20(19)26-6/h7-13,15,21,23H,14H2,1-6H3/t21-,28-/m1/s1. The van der Waals surface area contributed by atoms with Crippen molar-refractivity contribution in [2.45, 2.75) is 19.7 Å². The molecule has 0 aromatic heterocycles. The number of hydrogen-bond acceptors (Lipinski definition) is 6. The maximum atomic E-state index is 14.0. The van der Waals surface area contributed by atoms with Gasteiger partial charge in [0, 0.05) is 30.7 Å². The van der Waals surface area contributed by atoms with Crippen molar-refractivity contribution >= 4 is 18.4 Å². The van der Waals surface area contributed by atoms with E-state index in [0.717, 1.165) is 5.69 Å². The summed E-state index contributed by atoms with van der Waals surface area (Å²) in [5, 5.41) is 11.6. The van der Waals surface area contributed by atoms with E-state index in [2.05, 4.69) is 0 Å². The summed E-state index contributed by atoms with van der Waals surface area (Å²) in [6, 6.07) is 12.2. The Balaban J connectivity index is 2.54. The molecule has 2 rings (SSSR count). The third kappa shape index (κ3) is 4.88. The summed E-state index contributed by atoms with van der Waals surface area (Å²) in [6.07, 6.45) is 0. The molecule has 154 valence electrons. The molecule has 6 nitrogen and oxygen atoms in total. The highest BCUT2D eigenvalue weighted by Gasteiger charge is 2.38. The molecular formula is C21H30NO5P. The fourth-order valence-corrected chi connectivity index (χ4v) is 4.95. The molecule has 0 unspecified atom stereocenters. The SMILES string of the molecule is COc1ccc(OC)c([C@H](O)[P@](=O)(OCC(C)C)c2ccc(N(C)C)cc2)c1. The molecule has 2 atom stereocenters. The Bertz CT molecular complexity index is 820. The summed E-state index contributed by atoms with van der Waals surface area (Å²) in [6.45, 7) is 4.20. The summed E-state index contributed by atoms with van der Waals surface area (Å²) >= 11 is 0. The third-order valence-corrected chi connectivity index (χ3v) is 6.84. The van der Waals surface area contributed by atoms with Gasteiger partial charge in [0.2, 0.25) is 0 Å². The summed E-state index contributed by atoms with van der Waals surface area (Å²) in [5.74, 6) is -0.268. The molecule has 0 fully saturated rings. The number of aliphatic hydroxyl groups excluding tert-OH is 1. The molecule has 0 heterocycles. The van der Waals surface area contributed by atoms with Crippen molar-refractivity contribution in [2.75, 3.05) is 39.8 Å². The van der Waals surface area contributed by atoms with Crippen LogP contribution < -0.4 is 19.7 Å². The first-order chi connectivity index (χ1) is 13.2. The van der Waals surface area contributed by atoms with Gasteiger partial charge in [-0.15, -0.1) is 0 Å². The number of methoxy groups -OCH3 is 2. The van der Waals surface area contributed by atoms with Crippen LogP contribution in [0.15, 0.2) is 42.5 Å². The monoisotopic (exact) mass is 407 g/mol. The lowest BCUT2D eigenvalue weighted by Gasteiger charge is -2.27. The predicted octanol–water partition coefficient (Wildman–Crippen LogP) is 4.04. The van der Waals surface area contributed by atoms with Crippen molar-refractivity contribution < 1.29 is 23.7 Å². The van der Waals surface area contributed by atoms with E-state index in [9.17, 15) is 9.67 Å².